The molecule has 3 rings (SSSR count). The van der Waals surface area contributed by atoms with Crippen LogP contribution >= 0.6 is 11.5 Å². The molecule has 23 heavy (non-hydrogen) atoms. The number of hydrogen-bond donors (Lipinski definition) is 0. The Kier molecular flexibility index (Phi) is 4.37. The topological polar surface area (TPSA) is 84.3 Å². The highest BCUT2D eigenvalue weighted by atomic mass is 32.1. The molecule has 1 unspecified atom stereocenters. The smallest absolute Gasteiger partial charge is 0.267 e. The van der Waals surface area contributed by atoms with Crippen LogP contribution in [-0.2, 0) is 0 Å². The van der Waals surface area contributed by atoms with Crippen LogP contribution in [0.2, 0.25) is 0 Å². The number of hydrogen-bond acceptors (Lipinski definition) is 8. The van der Waals surface area contributed by atoms with Crippen molar-refractivity contribution in [3.63, 3.8) is 0 Å². The Morgan fingerprint density at radius 3 is 2.78 bits per heavy atom. The van der Waals surface area contributed by atoms with Gasteiger partial charge in [0.05, 0.1) is 12.2 Å². The number of amides is 1. The number of anilines is 1. The molecule has 1 atom stereocenters. The van der Waals surface area contributed by atoms with E-state index in [9.17, 15) is 4.79 Å². The highest BCUT2D eigenvalue weighted by Crippen LogP contribution is 2.21. The van der Waals surface area contributed by atoms with E-state index in [1.807, 2.05) is 25.1 Å². The Balaban J connectivity index is 1.59. The first kappa shape index (κ1) is 15.6. The molecule has 0 bridgehead atoms. The second kappa shape index (κ2) is 6.45. The Morgan fingerprint density at radius 2 is 2.17 bits per heavy atom. The molecule has 1 fully saturated rings. The number of aromatic nitrogens is 4. The summed E-state index contributed by atoms with van der Waals surface area (Å²) in [6, 6.07) is 3.65. The van der Waals surface area contributed by atoms with Crippen molar-refractivity contribution in [3.05, 3.63) is 22.7 Å². The minimum absolute atomic E-state index is 0.0300. The van der Waals surface area contributed by atoms with Crippen molar-refractivity contribution in [2.75, 3.05) is 32.1 Å². The van der Waals surface area contributed by atoms with E-state index < -0.39 is 0 Å². The maximum Gasteiger partial charge on any atom is 0.267 e. The normalized spacial score (nSPS) is 17.3. The van der Waals surface area contributed by atoms with Gasteiger partial charge in [-0.1, -0.05) is 4.49 Å². The largest absolute Gasteiger partial charge is 0.471 e. The zero-order valence-electron chi connectivity index (χ0n) is 13.3. The van der Waals surface area contributed by atoms with Gasteiger partial charge in [0.1, 0.15) is 11.0 Å². The zero-order valence-corrected chi connectivity index (χ0v) is 14.1. The van der Waals surface area contributed by atoms with Gasteiger partial charge in [0.25, 0.3) is 5.91 Å². The van der Waals surface area contributed by atoms with Crippen LogP contribution in [0.3, 0.4) is 0 Å². The summed E-state index contributed by atoms with van der Waals surface area (Å²) in [7, 11) is 3.81. The highest BCUT2D eigenvalue weighted by Gasteiger charge is 2.30. The third-order valence-corrected chi connectivity index (χ3v) is 4.47. The summed E-state index contributed by atoms with van der Waals surface area (Å²) < 4.78 is 9.64. The Morgan fingerprint density at radius 1 is 1.35 bits per heavy atom. The summed E-state index contributed by atoms with van der Waals surface area (Å²) >= 11 is 1.13. The first-order valence-corrected chi connectivity index (χ1v) is 8.08. The van der Waals surface area contributed by atoms with Crippen LogP contribution in [0.25, 0.3) is 0 Å². The van der Waals surface area contributed by atoms with Crippen LogP contribution in [0, 0.1) is 6.92 Å². The van der Waals surface area contributed by atoms with Gasteiger partial charge in [-0.25, -0.2) is 0 Å². The maximum atomic E-state index is 12.4. The van der Waals surface area contributed by atoms with Crippen LogP contribution in [0.5, 0.6) is 5.88 Å². The van der Waals surface area contributed by atoms with E-state index >= 15 is 0 Å². The quantitative estimate of drug-likeness (QED) is 0.824. The number of likely N-dealkylation sites (tertiary alicyclic amines) is 1. The summed E-state index contributed by atoms with van der Waals surface area (Å²) in [5, 5.41) is 12.0. The summed E-state index contributed by atoms with van der Waals surface area (Å²) in [5.41, 5.74) is 0.675. The number of carbonyl (C=O) groups excluding carboxylic acids is 1. The molecule has 1 saturated heterocycles. The second-order valence-corrected chi connectivity index (χ2v) is 6.35. The lowest BCUT2D eigenvalue weighted by Crippen LogP contribution is -2.31. The summed E-state index contributed by atoms with van der Waals surface area (Å²) in [6.45, 7) is 2.99. The Hall–Kier alpha value is -2.29. The highest BCUT2D eigenvalue weighted by molar-refractivity contribution is 7.07. The van der Waals surface area contributed by atoms with Crippen LogP contribution < -0.4 is 9.64 Å². The van der Waals surface area contributed by atoms with Crippen LogP contribution in [0.15, 0.2) is 12.1 Å². The number of carbonyl (C=O) groups is 1. The molecule has 0 aliphatic carbocycles. The van der Waals surface area contributed by atoms with Crippen molar-refractivity contribution >= 4 is 23.3 Å². The second-order valence-electron chi connectivity index (χ2n) is 5.59. The molecule has 3 heterocycles. The van der Waals surface area contributed by atoms with Crippen molar-refractivity contribution in [1.82, 2.24) is 24.7 Å². The first-order valence-electron chi connectivity index (χ1n) is 7.30. The van der Waals surface area contributed by atoms with Crippen LogP contribution in [0.4, 0.5) is 5.82 Å². The first-order chi connectivity index (χ1) is 11.0. The molecule has 1 aliphatic rings. The van der Waals surface area contributed by atoms with Gasteiger partial charge in [0.2, 0.25) is 5.88 Å². The van der Waals surface area contributed by atoms with Gasteiger partial charge in [-0.3, -0.25) is 4.79 Å². The Bertz CT molecular complexity index is 687. The summed E-state index contributed by atoms with van der Waals surface area (Å²) in [6.07, 6.45) is 0.702. The van der Waals surface area contributed by atoms with Gasteiger partial charge in [-0.2, -0.15) is 0 Å². The monoisotopic (exact) mass is 334 g/mol. The number of aryl methyl sites for hydroxylation is 1. The minimum Gasteiger partial charge on any atom is -0.471 e. The molecule has 0 N–H and O–H groups in total. The van der Waals surface area contributed by atoms with E-state index in [4.69, 9.17) is 4.74 Å². The fraction of sp³-hybridized carbons (Fsp3) is 0.500. The SMILES string of the molecule is Cc1nnsc1C(=O)N1CCC(Oc2ccc(N(C)C)nn2)C1. The van der Waals surface area contributed by atoms with Gasteiger partial charge < -0.3 is 14.5 Å². The predicted octanol–water partition coefficient (Wildman–Crippen LogP) is 0.996. The van der Waals surface area contributed by atoms with Crippen molar-refractivity contribution < 1.29 is 9.53 Å². The third-order valence-electron chi connectivity index (χ3n) is 3.65. The number of ether oxygens (including phenoxy) is 1. The van der Waals surface area contributed by atoms with Crippen molar-refractivity contribution in [1.29, 1.82) is 0 Å². The fourth-order valence-electron chi connectivity index (χ4n) is 2.37. The molecule has 2 aromatic heterocycles. The van der Waals surface area contributed by atoms with Crippen molar-refractivity contribution in [3.8, 4) is 5.88 Å². The minimum atomic E-state index is -0.0698. The molecule has 1 aliphatic heterocycles. The van der Waals surface area contributed by atoms with E-state index in [1.165, 1.54) is 0 Å². The zero-order chi connectivity index (χ0) is 16.4. The average molecular weight is 334 g/mol. The fourth-order valence-corrected chi connectivity index (χ4v) is 2.99. The molecule has 122 valence electrons. The van der Waals surface area contributed by atoms with Gasteiger partial charge in [-0.15, -0.1) is 15.3 Å². The Labute approximate surface area is 138 Å². The van der Waals surface area contributed by atoms with E-state index in [-0.39, 0.29) is 12.0 Å². The van der Waals surface area contributed by atoms with Crippen LogP contribution in [-0.4, -0.2) is 63.9 Å². The molecule has 0 spiro atoms. The van der Waals surface area contributed by atoms with Gasteiger partial charge in [0, 0.05) is 33.1 Å². The molecule has 2 aromatic rings. The van der Waals surface area contributed by atoms with E-state index in [2.05, 4.69) is 19.8 Å². The molecular formula is C14H18N6O2S. The molecule has 1 amide bonds. The summed E-state index contributed by atoms with van der Waals surface area (Å²) in [4.78, 5) is 16.7. The van der Waals surface area contributed by atoms with Crippen LogP contribution in [0.1, 0.15) is 21.8 Å². The lowest BCUT2D eigenvalue weighted by atomic mass is 10.3. The van der Waals surface area contributed by atoms with E-state index in [0.717, 1.165) is 23.8 Å². The average Bonchev–Trinajstić information content (AvgIpc) is 3.16. The summed E-state index contributed by atoms with van der Waals surface area (Å²) in [5.74, 6) is 1.22. The van der Waals surface area contributed by atoms with Gasteiger partial charge >= 0.3 is 0 Å². The standard InChI is InChI=1S/C14H18N6O2S/c1-9-13(23-18-15-9)14(21)20-7-6-10(8-20)22-12-5-4-11(16-17-12)19(2)3/h4-5,10H,6-8H2,1-3H3. The van der Waals surface area contributed by atoms with Crippen molar-refractivity contribution in [2.24, 2.45) is 0 Å². The lowest BCUT2D eigenvalue weighted by Gasteiger charge is -2.16. The molecule has 0 radical (unpaired) electrons. The van der Waals surface area contributed by atoms with Gasteiger partial charge in [-0.05, 0) is 24.5 Å². The van der Waals surface area contributed by atoms with E-state index in [1.54, 1.807) is 17.9 Å². The van der Waals surface area contributed by atoms with Gasteiger partial charge in [0.15, 0.2) is 5.82 Å². The number of rotatable bonds is 4. The molecular weight excluding hydrogens is 316 g/mol. The lowest BCUT2D eigenvalue weighted by molar-refractivity contribution is 0.0774. The van der Waals surface area contributed by atoms with Crippen molar-refractivity contribution in [2.45, 2.75) is 19.4 Å². The molecule has 0 aromatic carbocycles. The number of nitrogens with zero attached hydrogens (tertiary/aromatic N) is 6. The maximum absolute atomic E-state index is 12.4. The molecule has 9 heteroatoms. The third kappa shape index (κ3) is 3.39. The van der Waals surface area contributed by atoms with E-state index in [0.29, 0.717) is 29.5 Å². The predicted molar refractivity (Wildman–Crippen MR) is 85.9 cm³/mol. The molecule has 0 saturated carbocycles. The molecule has 8 nitrogen and oxygen atoms in total.